The summed E-state index contributed by atoms with van der Waals surface area (Å²) in [7, 11) is 0. The van der Waals surface area contributed by atoms with Gasteiger partial charge >= 0.3 is 0 Å². The van der Waals surface area contributed by atoms with Crippen molar-refractivity contribution in [2.75, 3.05) is 19.6 Å². The van der Waals surface area contributed by atoms with Gasteiger partial charge in [0.05, 0.1) is 6.54 Å². The molecule has 3 heterocycles. The Labute approximate surface area is 186 Å². The fourth-order valence-electron chi connectivity index (χ4n) is 4.93. The van der Waals surface area contributed by atoms with Crippen LogP contribution in [0.3, 0.4) is 0 Å². The van der Waals surface area contributed by atoms with Crippen molar-refractivity contribution in [3.05, 3.63) is 47.7 Å². The molecule has 1 aromatic carbocycles. The molecule has 4 rings (SSSR count). The van der Waals surface area contributed by atoms with Gasteiger partial charge in [-0.3, -0.25) is 9.69 Å². The van der Waals surface area contributed by atoms with Gasteiger partial charge in [0.1, 0.15) is 0 Å². The lowest BCUT2D eigenvalue weighted by Crippen LogP contribution is -2.47. The number of amides is 1. The number of hydrogen-bond acceptors (Lipinski definition) is 5. The van der Waals surface area contributed by atoms with Crippen molar-refractivity contribution in [2.24, 2.45) is 5.92 Å². The molecule has 6 heteroatoms. The smallest absolute Gasteiger partial charge is 0.254 e. The van der Waals surface area contributed by atoms with E-state index in [9.17, 15) is 4.79 Å². The lowest BCUT2D eigenvalue weighted by atomic mass is 9.86. The molecular weight excluding hydrogens is 388 g/mol. The highest BCUT2D eigenvalue weighted by atomic mass is 16.4. The Balaban J connectivity index is 1.38. The molecule has 1 amide bonds. The topological polar surface area (TPSA) is 62.5 Å². The maximum atomic E-state index is 13.3. The number of aromatic nitrogens is 2. The molecule has 0 spiro atoms. The van der Waals surface area contributed by atoms with Crippen molar-refractivity contribution in [1.82, 2.24) is 20.0 Å². The molecule has 1 atom stereocenters. The molecule has 0 N–H and O–H groups in total. The summed E-state index contributed by atoms with van der Waals surface area (Å²) in [5.41, 5.74) is 0.699. The molecule has 31 heavy (non-hydrogen) atoms. The minimum Gasteiger partial charge on any atom is -0.423 e. The van der Waals surface area contributed by atoms with Crippen molar-refractivity contribution < 1.29 is 9.21 Å². The summed E-state index contributed by atoms with van der Waals surface area (Å²) in [6, 6.07) is 10.1. The fraction of sp³-hybridized carbons (Fsp3) is 0.640. The van der Waals surface area contributed by atoms with Gasteiger partial charge in [0.2, 0.25) is 11.8 Å². The zero-order valence-electron chi connectivity index (χ0n) is 19.2. The molecule has 0 bridgehead atoms. The summed E-state index contributed by atoms with van der Waals surface area (Å²) in [6.45, 7) is 9.90. The third-order valence-corrected chi connectivity index (χ3v) is 6.72. The van der Waals surface area contributed by atoms with Crippen LogP contribution >= 0.6 is 0 Å². The first-order valence-electron chi connectivity index (χ1n) is 11.8. The summed E-state index contributed by atoms with van der Waals surface area (Å²) in [4.78, 5) is 17.9. The van der Waals surface area contributed by atoms with Crippen LogP contribution in [0.1, 0.15) is 81.4 Å². The number of rotatable bonds is 4. The van der Waals surface area contributed by atoms with E-state index in [4.69, 9.17) is 4.42 Å². The van der Waals surface area contributed by atoms with E-state index in [1.54, 1.807) is 0 Å². The average molecular weight is 425 g/mol. The minimum atomic E-state index is -0.119. The molecule has 6 nitrogen and oxygen atoms in total. The van der Waals surface area contributed by atoms with Gasteiger partial charge in [-0.25, -0.2) is 0 Å². The fourth-order valence-corrected chi connectivity index (χ4v) is 4.93. The highest BCUT2D eigenvalue weighted by molar-refractivity contribution is 5.94. The van der Waals surface area contributed by atoms with Crippen LogP contribution in [0.15, 0.2) is 34.7 Å². The molecule has 168 valence electrons. The quantitative estimate of drug-likeness (QED) is 0.714. The number of benzene rings is 1. The summed E-state index contributed by atoms with van der Waals surface area (Å²) < 4.78 is 5.89. The van der Waals surface area contributed by atoms with Crippen molar-refractivity contribution in [3.8, 4) is 0 Å². The first-order chi connectivity index (χ1) is 14.9. The summed E-state index contributed by atoms with van der Waals surface area (Å²) in [5.74, 6) is 2.18. The Morgan fingerprint density at radius 3 is 2.42 bits per heavy atom. The van der Waals surface area contributed by atoms with E-state index in [-0.39, 0.29) is 11.3 Å². The van der Waals surface area contributed by atoms with Crippen LogP contribution in [0.25, 0.3) is 0 Å². The summed E-state index contributed by atoms with van der Waals surface area (Å²) >= 11 is 0. The molecule has 2 saturated heterocycles. The largest absolute Gasteiger partial charge is 0.423 e. The Morgan fingerprint density at radius 2 is 1.74 bits per heavy atom. The first kappa shape index (κ1) is 22.0. The average Bonchev–Trinajstić information content (AvgIpc) is 3.11. The van der Waals surface area contributed by atoms with Crippen LogP contribution in [-0.2, 0) is 12.0 Å². The van der Waals surface area contributed by atoms with Crippen LogP contribution in [0.2, 0.25) is 0 Å². The van der Waals surface area contributed by atoms with Gasteiger partial charge in [0.25, 0.3) is 5.91 Å². The monoisotopic (exact) mass is 424 g/mol. The van der Waals surface area contributed by atoms with Crippen LogP contribution in [-0.4, -0.2) is 51.6 Å². The maximum Gasteiger partial charge on any atom is 0.254 e. The van der Waals surface area contributed by atoms with Crippen molar-refractivity contribution >= 4 is 5.91 Å². The zero-order chi connectivity index (χ0) is 21.8. The van der Waals surface area contributed by atoms with Gasteiger partial charge < -0.3 is 9.32 Å². The Kier molecular flexibility index (Phi) is 6.75. The second kappa shape index (κ2) is 9.51. The van der Waals surface area contributed by atoms with Gasteiger partial charge in [-0.05, 0) is 56.8 Å². The highest BCUT2D eigenvalue weighted by Gasteiger charge is 2.34. The molecule has 0 aliphatic carbocycles. The third-order valence-electron chi connectivity index (χ3n) is 6.72. The normalized spacial score (nSPS) is 21.8. The number of likely N-dealkylation sites (tertiary alicyclic amines) is 2. The van der Waals surface area contributed by atoms with Crippen molar-refractivity contribution in [1.29, 1.82) is 0 Å². The molecule has 2 aliphatic heterocycles. The number of carbonyl (C=O) groups excluding carboxylic acids is 1. The van der Waals surface area contributed by atoms with Gasteiger partial charge in [-0.2, -0.15) is 0 Å². The molecule has 2 fully saturated rings. The molecule has 0 radical (unpaired) electrons. The van der Waals surface area contributed by atoms with Crippen LogP contribution in [0, 0.1) is 5.92 Å². The van der Waals surface area contributed by atoms with Crippen molar-refractivity contribution in [2.45, 2.75) is 77.3 Å². The second-order valence-corrected chi connectivity index (χ2v) is 10.1. The van der Waals surface area contributed by atoms with Gasteiger partial charge in [0, 0.05) is 23.6 Å². The molecular formula is C25H36N4O2. The summed E-state index contributed by atoms with van der Waals surface area (Å²) in [5, 5.41) is 8.48. The number of hydrogen-bond donors (Lipinski definition) is 0. The van der Waals surface area contributed by atoms with Crippen LogP contribution < -0.4 is 0 Å². The van der Waals surface area contributed by atoms with Crippen LogP contribution in [0.4, 0.5) is 0 Å². The van der Waals surface area contributed by atoms with E-state index in [1.165, 1.54) is 12.8 Å². The van der Waals surface area contributed by atoms with Gasteiger partial charge in [-0.15, -0.1) is 10.2 Å². The van der Waals surface area contributed by atoms with E-state index in [0.717, 1.165) is 50.9 Å². The standard InChI is InChI=1S/C25H36N4O2/c1-25(2,3)24-27-26-22(31-24)18-28-16-13-19(14-17-28)21-12-8-5-9-15-29(21)23(30)20-10-6-4-7-11-20/h4,6-7,10-11,19,21H,5,8-9,12-18H2,1-3H3/t21-/m0/s1. The SMILES string of the molecule is CC(C)(C)c1nnc(CN2CCC([C@@H]3CCCCCN3C(=O)c3ccccc3)CC2)o1. The third kappa shape index (κ3) is 5.35. The van der Waals surface area contributed by atoms with E-state index in [0.29, 0.717) is 30.3 Å². The lowest BCUT2D eigenvalue weighted by molar-refractivity contribution is 0.0507. The van der Waals surface area contributed by atoms with Crippen LogP contribution in [0.5, 0.6) is 0 Å². The Morgan fingerprint density at radius 1 is 1.00 bits per heavy atom. The maximum absolute atomic E-state index is 13.3. The zero-order valence-corrected chi connectivity index (χ0v) is 19.2. The number of carbonyl (C=O) groups is 1. The molecule has 1 aromatic heterocycles. The number of piperidine rings is 1. The van der Waals surface area contributed by atoms with E-state index in [2.05, 4.69) is 40.8 Å². The Bertz CT molecular complexity index is 850. The van der Waals surface area contributed by atoms with E-state index in [1.807, 2.05) is 30.3 Å². The molecule has 2 aliphatic rings. The van der Waals surface area contributed by atoms with E-state index < -0.39 is 0 Å². The second-order valence-electron chi connectivity index (χ2n) is 10.1. The minimum absolute atomic E-state index is 0.119. The molecule has 0 unspecified atom stereocenters. The van der Waals surface area contributed by atoms with E-state index >= 15 is 0 Å². The predicted molar refractivity (Wildman–Crippen MR) is 121 cm³/mol. The van der Waals surface area contributed by atoms with Gasteiger partial charge in [-0.1, -0.05) is 51.8 Å². The predicted octanol–water partition coefficient (Wildman–Crippen LogP) is 4.66. The van der Waals surface area contributed by atoms with Gasteiger partial charge in [0.15, 0.2) is 0 Å². The number of nitrogens with zero attached hydrogens (tertiary/aromatic N) is 4. The van der Waals surface area contributed by atoms with Crippen molar-refractivity contribution in [3.63, 3.8) is 0 Å². The highest BCUT2D eigenvalue weighted by Crippen LogP contribution is 2.31. The molecule has 2 aromatic rings. The summed E-state index contributed by atoms with van der Waals surface area (Å²) in [6.07, 6.45) is 6.91. The Hall–Kier alpha value is -2.21. The first-order valence-corrected chi connectivity index (χ1v) is 11.8. The molecule has 0 saturated carbocycles. The lowest BCUT2D eigenvalue weighted by Gasteiger charge is -2.40.